The average Bonchev–Trinajstić information content (AvgIpc) is 3.43. The molecule has 3 aromatic rings. The Morgan fingerprint density at radius 2 is 2.03 bits per heavy atom. The van der Waals surface area contributed by atoms with Crippen LogP contribution in [-0.4, -0.2) is 43.5 Å². The van der Waals surface area contributed by atoms with Crippen molar-refractivity contribution in [3.05, 3.63) is 80.8 Å². The Labute approximate surface area is 179 Å². The van der Waals surface area contributed by atoms with E-state index in [9.17, 15) is 9.59 Å². The number of carboxylic acid groups (broad SMARTS) is 1. The molecule has 0 radical (unpaired) electrons. The van der Waals surface area contributed by atoms with Gasteiger partial charge < -0.3 is 15.0 Å². The fourth-order valence-electron chi connectivity index (χ4n) is 4.45. The molecule has 1 aliphatic carbocycles. The first-order chi connectivity index (χ1) is 15.0. The van der Waals surface area contributed by atoms with Crippen molar-refractivity contribution >= 4 is 12.4 Å². The van der Waals surface area contributed by atoms with Gasteiger partial charge in [0.1, 0.15) is 5.56 Å². The third-order valence-corrected chi connectivity index (χ3v) is 5.96. The number of hydrogen-bond acceptors (Lipinski definition) is 4. The van der Waals surface area contributed by atoms with Crippen LogP contribution in [0.4, 0.5) is 0 Å². The summed E-state index contributed by atoms with van der Waals surface area (Å²) in [7, 11) is 0. The Bertz CT molecular complexity index is 1190. The van der Waals surface area contributed by atoms with Crippen molar-refractivity contribution in [2.45, 2.75) is 39.2 Å². The summed E-state index contributed by atoms with van der Waals surface area (Å²) in [5.74, 6) is -0.204. The van der Waals surface area contributed by atoms with Crippen LogP contribution in [0.1, 0.15) is 44.9 Å². The molecule has 2 N–H and O–H groups in total. The lowest BCUT2D eigenvalue weighted by atomic mass is 10.1. The average molecular weight is 420 g/mol. The molecule has 0 bridgehead atoms. The van der Waals surface area contributed by atoms with E-state index in [1.165, 1.54) is 11.1 Å². The number of hydrogen-bond donors (Lipinski definition) is 2. The Hall–Kier alpha value is -3.68. The number of aryl methyl sites for hydroxylation is 2. The molecule has 2 aliphatic rings. The summed E-state index contributed by atoms with van der Waals surface area (Å²) in [4.78, 5) is 44.1. The lowest BCUT2D eigenvalue weighted by Gasteiger charge is -2.27. The van der Waals surface area contributed by atoms with Crippen LogP contribution in [0.2, 0.25) is 0 Å². The van der Waals surface area contributed by atoms with E-state index in [4.69, 9.17) is 9.90 Å². The molecule has 0 spiro atoms. The highest BCUT2D eigenvalue weighted by molar-refractivity contribution is 5.95. The number of aromatic amines is 1. The second kappa shape index (κ2) is 8.59. The van der Waals surface area contributed by atoms with Crippen molar-refractivity contribution in [2.24, 2.45) is 0 Å². The highest BCUT2D eigenvalue weighted by Gasteiger charge is 2.27. The van der Waals surface area contributed by atoms with Gasteiger partial charge in [-0.05, 0) is 55.0 Å². The summed E-state index contributed by atoms with van der Waals surface area (Å²) in [5, 5.41) is 6.89. The SMILES string of the molecule is Cc1ccn(-c2cccc3c2CCC3)c(=O)c1C(=O)N1CCc2nc[nH]c2C1.O=CO. The fourth-order valence-corrected chi connectivity index (χ4v) is 4.45. The number of imidazole rings is 1. The highest BCUT2D eigenvalue weighted by atomic mass is 16.3. The minimum Gasteiger partial charge on any atom is -0.483 e. The summed E-state index contributed by atoms with van der Waals surface area (Å²) in [6, 6.07) is 7.98. The number of pyridine rings is 1. The van der Waals surface area contributed by atoms with Crippen LogP contribution in [0, 0.1) is 6.92 Å². The van der Waals surface area contributed by atoms with Crippen molar-refractivity contribution in [3.8, 4) is 5.69 Å². The van der Waals surface area contributed by atoms with Gasteiger partial charge >= 0.3 is 0 Å². The number of aromatic nitrogens is 3. The first-order valence-electron chi connectivity index (χ1n) is 10.3. The molecular formula is C23H24N4O4. The molecule has 5 rings (SSSR count). The number of carbonyl (C=O) groups is 2. The van der Waals surface area contributed by atoms with Gasteiger partial charge in [0.25, 0.3) is 17.9 Å². The van der Waals surface area contributed by atoms with Gasteiger partial charge in [-0.15, -0.1) is 0 Å². The first-order valence-corrected chi connectivity index (χ1v) is 10.3. The third kappa shape index (κ3) is 3.76. The number of benzene rings is 1. The number of rotatable bonds is 2. The van der Waals surface area contributed by atoms with Gasteiger partial charge in [0.15, 0.2) is 0 Å². The van der Waals surface area contributed by atoms with Crippen LogP contribution >= 0.6 is 0 Å². The van der Waals surface area contributed by atoms with E-state index in [1.54, 1.807) is 22.0 Å². The highest BCUT2D eigenvalue weighted by Crippen LogP contribution is 2.27. The Balaban J connectivity index is 0.000000730. The number of nitrogens with one attached hydrogen (secondary N) is 1. The maximum atomic E-state index is 13.4. The second-order valence-electron chi connectivity index (χ2n) is 7.73. The molecule has 0 saturated carbocycles. The predicted octanol–water partition coefficient (Wildman–Crippen LogP) is 2.26. The maximum absolute atomic E-state index is 13.4. The molecule has 3 heterocycles. The van der Waals surface area contributed by atoms with E-state index in [2.05, 4.69) is 16.0 Å². The van der Waals surface area contributed by atoms with Crippen LogP contribution in [0.5, 0.6) is 0 Å². The van der Waals surface area contributed by atoms with Crippen molar-refractivity contribution in [3.63, 3.8) is 0 Å². The Morgan fingerprint density at radius 3 is 2.84 bits per heavy atom. The summed E-state index contributed by atoms with van der Waals surface area (Å²) in [6.07, 6.45) is 7.30. The van der Waals surface area contributed by atoms with Gasteiger partial charge in [-0.2, -0.15) is 0 Å². The number of fused-ring (bicyclic) bond motifs is 2. The molecule has 8 heteroatoms. The predicted molar refractivity (Wildman–Crippen MR) is 115 cm³/mol. The molecule has 31 heavy (non-hydrogen) atoms. The van der Waals surface area contributed by atoms with E-state index in [1.807, 2.05) is 25.1 Å². The summed E-state index contributed by atoms with van der Waals surface area (Å²) < 4.78 is 1.65. The smallest absolute Gasteiger partial charge is 0.290 e. The van der Waals surface area contributed by atoms with Crippen molar-refractivity contribution in [2.75, 3.05) is 6.54 Å². The molecule has 8 nitrogen and oxygen atoms in total. The van der Waals surface area contributed by atoms with E-state index >= 15 is 0 Å². The lowest BCUT2D eigenvalue weighted by Crippen LogP contribution is -2.40. The first kappa shape index (κ1) is 20.6. The van der Waals surface area contributed by atoms with E-state index < -0.39 is 0 Å². The second-order valence-corrected chi connectivity index (χ2v) is 7.73. The molecule has 1 amide bonds. The molecule has 1 aliphatic heterocycles. The Morgan fingerprint density at radius 1 is 1.23 bits per heavy atom. The lowest BCUT2D eigenvalue weighted by molar-refractivity contribution is -0.122. The Kier molecular flexibility index (Phi) is 5.70. The monoisotopic (exact) mass is 420 g/mol. The summed E-state index contributed by atoms with van der Waals surface area (Å²) in [5.41, 5.74) is 6.15. The molecule has 0 saturated heterocycles. The van der Waals surface area contributed by atoms with E-state index in [-0.39, 0.29) is 23.5 Å². The topological polar surface area (TPSA) is 108 Å². The number of H-pyrrole nitrogens is 1. The molecule has 1 aromatic carbocycles. The quantitative estimate of drug-likeness (QED) is 0.618. The molecule has 160 valence electrons. The van der Waals surface area contributed by atoms with Crippen molar-refractivity contribution < 1.29 is 14.7 Å². The van der Waals surface area contributed by atoms with Crippen LogP contribution < -0.4 is 5.56 Å². The normalized spacial score (nSPS) is 14.3. The number of nitrogens with zero attached hydrogens (tertiary/aromatic N) is 3. The van der Waals surface area contributed by atoms with E-state index in [0.717, 1.165) is 36.3 Å². The van der Waals surface area contributed by atoms with Crippen molar-refractivity contribution in [1.29, 1.82) is 0 Å². The van der Waals surface area contributed by atoms with Gasteiger partial charge in [-0.3, -0.25) is 19.0 Å². The van der Waals surface area contributed by atoms with Gasteiger partial charge in [0.2, 0.25) is 0 Å². The van der Waals surface area contributed by atoms with Gasteiger partial charge in [0.05, 0.1) is 29.9 Å². The molecule has 0 atom stereocenters. The minimum atomic E-state index is -0.250. The van der Waals surface area contributed by atoms with Crippen molar-refractivity contribution in [1.82, 2.24) is 19.4 Å². The summed E-state index contributed by atoms with van der Waals surface area (Å²) in [6.45, 7) is 2.62. The van der Waals surface area contributed by atoms with E-state index in [0.29, 0.717) is 25.1 Å². The number of amides is 1. The number of carbonyl (C=O) groups excluding carboxylic acids is 1. The molecule has 2 aromatic heterocycles. The summed E-state index contributed by atoms with van der Waals surface area (Å²) >= 11 is 0. The zero-order chi connectivity index (χ0) is 22.0. The molecule has 0 unspecified atom stereocenters. The van der Waals surface area contributed by atoms with Crippen LogP contribution in [0.15, 0.2) is 41.6 Å². The third-order valence-electron chi connectivity index (χ3n) is 5.96. The van der Waals surface area contributed by atoms with Gasteiger partial charge in [0, 0.05) is 19.2 Å². The zero-order valence-corrected chi connectivity index (χ0v) is 17.3. The van der Waals surface area contributed by atoms with Crippen LogP contribution in [-0.2, 0) is 30.6 Å². The maximum Gasteiger partial charge on any atom is 0.290 e. The van der Waals surface area contributed by atoms with Crippen LogP contribution in [0.25, 0.3) is 5.69 Å². The standard InChI is InChI=1S/C22H22N4O2.CH2O2/c1-14-8-11-26(19-7-3-5-15-4-2-6-16(15)19)22(28)20(14)21(27)25-10-9-17-18(12-25)24-13-23-17;2-1-3/h3,5,7-8,11,13H,2,4,6,9-10,12H2,1H3,(H,23,24);1H,(H,2,3). The molecule has 0 fully saturated rings. The van der Waals surface area contributed by atoms with Crippen LogP contribution in [0.3, 0.4) is 0 Å². The van der Waals surface area contributed by atoms with Gasteiger partial charge in [-0.1, -0.05) is 12.1 Å². The van der Waals surface area contributed by atoms with Gasteiger partial charge in [-0.25, -0.2) is 4.98 Å². The minimum absolute atomic E-state index is 0.204. The zero-order valence-electron chi connectivity index (χ0n) is 17.3. The fraction of sp³-hybridized carbons (Fsp3) is 0.304. The largest absolute Gasteiger partial charge is 0.483 e. The molecular weight excluding hydrogens is 396 g/mol.